The van der Waals surface area contributed by atoms with Crippen molar-refractivity contribution in [3.05, 3.63) is 30.3 Å². The SMILES string of the molecule is CO[C@H]1O[C@H](CO)[C@@H](O)[C@H](O)[C@@H]1OC(=O)Nc1ccccc1. The number of anilines is 1. The lowest BCUT2D eigenvalue weighted by molar-refractivity contribution is -0.292. The molecule has 1 heterocycles. The predicted molar refractivity (Wildman–Crippen MR) is 75.1 cm³/mol. The lowest BCUT2D eigenvalue weighted by Crippen LogP contribution is -2.60. The first kappa shape index (κ1) is 16.7. The van der Waals surface area contributed by atoms with Crippen LogP contribution in [0.1, 0.15) is 0 Å². The van der Waals surface area contributed by atoms with Gasteiger partial charge in [-0.1, -0.05) is 18.2 Å². The summed E-state index contributed by atoms with van der Waals surface area (Å²) < 4.78 is 15.3. The largest absolute Gasteiger partial charge is 0.438 e. The number of carbonyl (C=O) groups excluding carboxylic acids is 1. The Balaban J connectivity index is 2.01. The highest BCUT2D eigenvalue weighted by atomic mass is 16.7. The Morgan fingerprint density at radius 1 is 1.27 bits per heavy atom. The molecule has 4 N–H and O–H groups in total. The van der Waals surface area contributed by atoms with E-state index in [1.54, 1.807) is 30.3 Å². The van der Waals surface area contributed by atoms with Crippen LogP contribution in [0.4, 0.5) is 10.5 Å². The van der Waals surface area contributed by atoms with Gasteiger partial charge in [-0.2, -0.15) is 0 Å². The molecule has 0 bridgehead atoms. The summed E-state index contributed by atoms with van der Waals surface area (Å²) >= 11 is 0. The number of aliphatic hydroxyl groups is 3. The van der Waals surface area contributed by atoms with Crippen molar-refractivity contribution in [3.8, 4) is 0 Å². The molecule has 0 spiro atoms. The van der Waals surface area contributed by atoms with Crippen LogP contribution in [0.2, 0.25) is 0 Å². The van der Waals surface area contributed by atoms with Crippen LogP contribution in [0.3, 0.4) is 0 Å². The van der Waals surface area contributed by atoms with Gasteiger partial charge in [-0.25, -0.2) is 4.79 Å². The highest BCUT2D eigenvalue weighted by Crippen LogP contribution is 2.24. The van der Waals surface area contributed by atoms with Gasteiger partial charge in [-0.05, 0) is 12.1 Å². The van der Waals surface area contributed by atoms with Gasteiger partial charge in [0.15, 0.2) is 12.4 Å². The van der Waals surface area contributed by atoms with Crippen molar-refractivity contribution in [1.82, 2.24) is 0 Å². The van der Waals surface area contributed by atoms with E-state index in [4.69, 9.17) is 19.3 Å². The smallest absolute Gasteiger partial charge is 0.412 e. The van der Waals surface area contributed by atoms with E-state index in [-0.39, 0.29) is 0 Å². The highest BCUT2D eigenvalue weighted by Gasteiger charge is 2.46. The third kappa shape index (κ3) is 3.73. The molecule has 2 rings (SSSR count). The Kier molecular flexibility index (Phi) is 5.69. The molecule has 0 radical (unpaired) electrons. The Morgan fingerprint density at radius 2 is 1.95 bits per heavy atom. The lowest BCUT2D eigenvalue weighted by Gasteiger charge is -2.40. The van der Waals surface area contributed by atoms with E-state index in [9.17, 15) is 15.0 Å². The molecule has 1 aromatic carbocycles. The number of hydrogen-bond donors (Lipinski definition) is 4. The molecule has 122 valence electrons. The van der Waals surface area contributed by atoms with Crippen molar-refractivity contribution >= 4 is 11.8 Å². The zero-order valence-corrected chi connectivity index (χ0v) is 12.0. The first-order valence-electron chi connectivity index (χ1n) is 6.74. The second-order valence-electron chi connectivity index (χ2n) is 4.80. The molecule has 1 aliphatic heterocycles. The Labute approximate surface area is 127 Å². The molecule has 1 amide bonds. The fourth-order valence-electron chi connectivity index (χ4n) is 2.16. The second kappa shape index (κ2) is 7.52. The summed E-state index contributed by atoms with van der Waals surface area (Å²) in [6.07, 6.45) is -7.01. The number of amides is 1. The molecule has 1 aromatic rings. The van der Waals surface area contributed by atoms with Gasteiger partial charge >= 0.3 is 6.09 Å². The maximum atomic E-state index is 11.9. The van der Waals surface area contributed by atoms with Crippen molar-refractivity contribution in [2.24, 2.45) is 0 Å². The fourth-order valence-corrected chi connectivity index (χ4v) is 2.16. The maximum absolute atomic E-state index is 11.9. The van der Waals surface area contributed by atoms with Gasteiger partial charge in [0.25, 0.3) is 0 Å². The van der Waals surface area contributed by atoms with E-state index in [0.717, 1.165) is 0 Å². The van der Waals surface area contributed by atoms with Crippen LogP contribution in [-0.2, 0) is 14.2 Å². The predicted octanol–water partition coefficient (Wildman–Crippen LogP) is -0.311. The number of rotatable bonds is 4. The van der Waals surface area contributed by atoms with Gasteiger partial charge in [0.2, 0.25) is 0 Å². The summed E-state index contributed by atoms with van der Waals surface area (Å²) in [6.45, 7) is -0.499. The average Bonchev–Trinajstić information content (AvgIpc) is 2.53. The number of hydrogen-bond acceptors (Lipinski definition) is 7. The van der Waals surface area contributed by atoms with Crippen LogP contribution in [0.15, 0.2) is 30.3 Å². The van der Waals surface area contributed by atoms with E-state index in [2.05, 4.69) is 5.32 Å². The molecule has 22 heavy (non-hydrogen) atoms. The van der Waals surface area contributed by atoms with E-state index in [1.807, 2.05) is 0 Å². The normalized spacial score (nSPS) is 31.5. The second-order valence-corrected chi connectivity index (χ2v) is 4.80. The molecular weight excluding hydrogens is 294 g/mol. The summed E-state index contributed by atoms with van der Waals surface area (Å²) in [7, 11) is 1.30. The van der Waals surface area contributed by atoms with Gasteiger partial charge in [-0.15, -0.1) is 0 Å². The van der Waals surface area contributed by atoms with E-state index >= 15 is 0 Å². The van der Waals surface area contributed by atoms with E-state index < -0.39 is 43.4 Å². The molecule has 0 saturated carbocycles. The topological polar surface area (TPSA) is 117 Å². The van der Waals surface area contributed by atoms with E-state index in [0.29, 0.717) is 5.69 Å². The van der Waals surface area contributed by atoms with Crippen LogP contribution in [-0.4, -0.2) is 65.8 Å². The number of carbonyl (C=O) groups is 1. The first-order valence-corrected chi connectivity index (χ1v) is 6.74. The molecule has 8 heteroatoms. The van der Waals surface area contributed by atoms with Gasteiger partial charge in [0, 0.05) is 12.8 Å². The zero-order chi connectivity index (χ0) is 16.1. The Bertz CT molecular complexity index is 481. The summed E-state index contributed by atoms with van der Waals surface area (Å²) in [5.74, 6) is 0. The minimum atomic E-state index is -1.45. The molecule has 0 aromatic heterocycles. The van der Waals surface area contributed by atoms with Crippen LogP contribution < -0.4 is 5.32 Å². The number of aliphatic hydroxyl groups excluding tert-OH is 3. The van der Waals surface area contributed by atoms with Crippen molar-refractivity contribution in [2.45, 2.75) is 30.7 Å². The molecule has 0 aliphatic carbocycles. The zero-order valence-electron chi connectivity index (χ0n) is 12.0. The minimum Gasteiger partial charge on any atom is -0.438 e. The standard InChI is InChI=1S/C14H19NO7/c1-20-13-12(11(18)10(17)9(7-16)21-13)22-14(19)15-8-5-3-2-4-6-8/h2-6,9-13,16-18H,7H2,1H3,(H,15,19)/t9-,10-,11+,12+,13+/m1/s1. The van der Waals surface area contributed by atoms with E-state index in [1.165, 1.54) is 7.11 Å². The lowest BCUT2D eigenvalue weighted by atomic mass is 9.99. The third-order valence-electron chi connectivity index (χ3n) is 3.32. The maximum Gasteiger partial charge on any atom is 0.412 e. The molecule has 1 saturated heterocycles. The van der Waals surface area contributed by atoms with Crippen LogP contribution in [0.5, 0.6) is 0 Å². The molecule has 1 fully saturated rings. The van der Waals surface area contributed by atoms with Gasteiger partial charge in [0.1, 0.15) is 18.3 Å². The quantitative estimate of drug-likeness (QED) is 0.602. The molecular formula is C14H19NO7. The molecule has 0 unspecified atom stereocenters. The van der Waals surface area contributed by atoms with Crippen molar-refractivity contribution in [1.29, 1.82) is 0 Å². The average molecular weight is 313 g/mol. The summed E-state index contributed by atoms with van der Waals surface area (Å²) in [6, 6.07) is 8.60. The van der Waals surface area contributed by atoms with Crippen LogP contribution >= 0.6 is 0 Å². The van der Waals surface area contributed by atoms with Crippen LogP contribution in [0, 0.1) is 0 Å². The van der Waals surface area contributed by atoms with Crippen molar-refractivity contribution in [2.75, 3.05) is 19.0 Å². The van der Waals surface area contributed by atoms with Gasteiger partial charge in [0.05, 0.1) is 6.61 Å². The monoisotopic (exact) mass is 313 g/mol. The fraction of sp³-hybridized carbons (Fsp3) is 0.500. The van der Waals surface area contributed by atoms with Gasteiger partial charge < -0.3 is 29.5 Å². The summed E-state index contributed by atoms with van der Waals surface area (Å²) in [4.78, 5) is 11.9. The molecule has 8 nitrogen and oxygen atoms in total. The number of ether oxygens (including phenoxy) is 3. The van der Waals surface area contributed by atoms with Crippen molar-refractivity contribution in [3.63, 3.8) is 0 Å². The van der Waals surface area contributed by atoms with Crippen LogP contribution in [0.25, 0.3) is 0 Å². The first-order chi connectivity index (χ1) is 10.6. The van der Waals surface area contributed by atoms with Crippen molar-refractivity contribution < 1.29 is 34.3 Å². The number of benzene rings is 1. The highest BCUT2D eigenvalue weighted by molar-refractivity contribution is 5.84. The third-order valence-corrected chi connectivity index (χ3v) is 3.32. The Morgan fingerprint density at radius 3 is 2.55 bits per heavy atom. The number of methoxy groups -OCH3 is 1. The number of nitrogens with one attached hydrogen (secondary N) is 1. The summed E-state index contributed by atoms with van der Waals surface area (Å²) in [5, 5.41) is 31.4. The minimum absolute atomic E-state index is 0.499. The molecule has 1 aliphatic rings. The molecule has 5 atom stereocenters. The van der Waals surface area contributed by atoms with Gasteiger partial charge in [-0.3, -0.25) is 5.32 Å². The number of para-hydroxylation sites is 1. The Hall–Kier alpha value is -1.71. The summed E-state index contributed by atoms with van der Waals surface area (Å²) in [5.41, 5.74) is 0.515.